The van der Waals surface area contributed by atoms with Gasteiger partial charge < -0.3 is 15.0 Å². The lowest BCUT2D eigenvalue weighted by atomic mass is 10.0. The summed E-state index contributed by atoms with van der Waals surface area (Å²) in [6, 6.07) is 7.15. The van der Waals surface area contributed by atoms with E-state index in [1.165, 1.54) is 9.87 Å². The molecule has 1 aromatic carbocycles. The van der Waals surface area contributed by atoms with Gasteiger partial charge in [0, 0.05) is 52.9 Å². The minimum Gasteiger partial charge on any atom is -0.378 e. The molecule has 0 unspecified atom stereocenters. The standard InChI is InChI=1S/C21H33N5O3S/c1-16(2)20-18(21(25(5)23-20)26-10-12-29-13-11-26)15-22-14-17-8-6-7-9-19(17)30(27,28)24(3)4/h6-9,16,22H,10-15H2,1-5H3. The molecule has 0 atom stereocenters. The number of hydrogen-bond acceptors (Lipinski definition) is 6. The van der Waals surface area contributed by atoms with Crippen LogP contribution in [0.5, 0.6) is 0 Å². The van der Waals surface area contributed by atoms with Gasteiger partial charge in [-0.15, -0.1) is 0 Å². The fourth-order valence-corrected chi connectivity index (χ4v) is 4.92. The second kappa shape index (κ2) is 9.47. The van der Waals surface area contributed by atoms with Gasteiger partial charge in [0.15, 0.2) is 0 Å². The van der Waals surface area contributed by atoms with Crippen LogP contribution in [0.25, 0.3) is 0 Å². The zero-order valence-electron chi connectivity index (χ0n) is 18.6. The Hall–Kier alpha value is -1.94. The zero-order valence-corrected chi connectivity index (χ0v) is 19.4. The fraction of sp³-hybridized carbons (Fsp3) is 0.571. The molecule has 0 saturated carbocycles. The summed E-state index contributed by atoms with van der Waals surface area (Å²) < 4.78 is 34.0. The van der Waals surface area contributed by atoms with Crippen molar-refractivity contribution < 1.29 is 13.2 Å². The van der Waals surface area contributed by atoms with Crippen molar-refractivity contribution in [2.75, 3.05) is 45.3 Å². The first-order chi connectivity index (χ1) is 14.2. The first-order valence-electron chi connectivity index (χ1n) is 10.3. The number of hydrogen-bond donors (Lipinski definition) is 1. The summed E-state index contributed by atoms with van der Waals surface area (Å²) in [5.41, 5.74) is 3.00. The van der Waals surface area contributed by atoms with Gasteiger partial charge >= 0.3 is 0 Å². The topological polar surface area (TPSA) is 79.7 Å². The van der Waals surface area contributed by atoms with E-state index in [1.807, 2.05) is 23.9 Å². The van der Waals surface area contributed by atoms with Crippen molar-refractivity contribution in [1.29, 1.82) is 0 Å². The van der Waals surface area contributed by atoms with Crippen molar-refractivity contribution in [3.8, 4) is 0 Å². The molecule has 30 heavy (non-hydrogen) atoms. The van der Waals surface area contributed by atoms with Gasteiger partial charge in [-0.2, -0.15) is 5.10 Å². The predicted molar refractivity (Wildman–Crippen MR) is 118 cm³/mol. The van der Waals surface area contributed by atoms with E-state index in [2.05, 4.69) is 24.1 Å². The highest BCUT2D eigenvalue weighted by atomic mass is 32.2. The van der Waals surface area contributed by atoms with Crippen LogP contribution in [0.4, 0.5) is 5.82 Å². The summed E-state index contributed by atoms with van der Waals surface area (Å²) >= 11 is 0. The van der Waals surface area contributed by atoms with Crippen molar-refractivity contribution in [2.45, 2.75) is 37.8 Å². The summed E-state index contributed by atoms with van der Waals surface area (Å²) in [6.45, 7) is 8.47. The number of nitrogens with zero attached hydrogens (tertiary/aromatic N) is 4. The van der Waals surface area contributed by atoms with Gasteiger partial charge in [-0.25, -0.2) is 12.7 Å². The van der Waals surface area contributed by atoms with E-state index in [-0.39, 0.29) is 0 Å². The Morgan fingerprint density at radius 3 is 2.47 bits per heavy atom. The lowest BCUT2D eigenvalue weighted by Crippen LogP contribution is -2.38. The third kappa shape index (κ3) is 4.69. The summed E-state index contributed by atoms with van der Waals surface area (Å²) in [6.07, 6.45) is 0. The van der Waals surface area contributed by atoms with Crippen LogP contribution in [-0.4, -0.2) is 62.9 Å². The molecule has 1 fully saturated rings. The SMILES string of the molecule is CC(C)c1nn(C)c(N2CCOCC2)c1CNCc1ccccc1S(=O)(=O)N(C)C. The van der Waals surface area contributed by atoms with Gasteiger partial charge in [-0.05, 0) is 17.5 Å². The number of nitrogens with one attached hydrogen (secondary N) is 1. The van der Waals surface area contributed by atoms with Crippen LogP contribution in [-0.2, 0) is 34.9 Å². The monoisotopic (exact) mass is 435 g/mol. The number of aromatic nitrogens is 2. The van der Waals surface area contributed by atoms with Gasteiger partial charge in [-0.3, -0.25) is 4.68 Å². The molecular formula is C21H33N5O3S. The molecule has 1 N–H and O–H groups in total. The third-order valence-electron chi connectivity index (χ3n) is 5.35. The van der Waals surface area contributed by atoms with Gasteiger partial charge in [0.1, 0.15) is 5.82 Å². The molecule has 0 bridgehead atoms. The van der Waals surface area contributed by atoms with E-state index in [4.69, 9.17) is 9.84 Å². The normalized spacial score (nSPS) is 15.4. The van der Waals surface area contributed by atoms with Gasteiger partial charge in [0.2, 0.25) is 10.0 Å². The minimum absolute atomic E-state index is 0.296. The zero-order chi connectivity index (χ0) is 21.9. The maximum Gasteiger partial charge on any atom is 0.242 e. The van der Waals surface area contributed by atoms with Crippen LogP contribution >= 0.6 is 0 Å². The molecule has 9 heteroatoms. The first-order valence-corrected chi connectivity index (χ1v) is 11.8. The molecule has 1 aliphatic heterocycles. The van der Waals surface area contributed by atoms with Crippen molar-refractivity contribution in [1.82, 2.24) is 19.4 Å². The lowest BCUT2D eigenvalue weighted by Gasteiger charge is -2.29. The maximum atomic E-state index is 12.7. The highest BCUT2D eigenvalue weighted by Crippen LogP contribution is 2.29. The van der Waals surface area contributed by atoms with Crippen LogP contribution in [0.2, 0.25) is 0 Å². The quantitative estimate of drug-likeness (QED) is 0.683. The van der Waals surface area contributed by atoms with Crippen LogP contribution in [0, 0.1) is 0 Å². The molecule has 0 radical (unpaired) electrons. The second-order valence-electron chi connectivity index (χ2n) is 8.06. The number of morpholine rings is 1. The lowest BCUT2D eigenvalue weighted by molar-refractivity contribution is 0.122. The van der Waals surface area contributed by atoms with E-state index in [9.17, 15) is 8.42 Å². The van der Waals surface area contributed by atoms with Crippen molar-refractivity contribution >= 4 is 15.8 Å². The summed E-state index contributed by atoms with van der Waals surface area (Å²) in [5.74, 6) is 1.41. The molecule has 1 aliphatic rings. The number of anilines is 1. The molecule has 0 amide bonds. The van der Waals surface area contributed by atoms with E-state index >= 15 is 0 Å². The predicted octanol–water partition coefficient (Wildman–Crippen LogP) is 1.92. The molecule has 2 heterocycles. The van der Waals surface area contributed by atoms with Crippen LogP contribution in [0.3, 0.4) is 0 Å². The van der Waals surface area contributed by atoms with E-state index < -0.39 is 10.0 Å². The summed E-state index contributed by atoms with van der Waals surface area (Å²) in [5, 5.41) is 8.25. The Morgan fingerprint density at radius 2 is 1.83 bits per heavy atom. The Balaban J connectivity index is 1.83. The molecule has 8 nitrogen and oxygen atoms in total. The largest absolute Gasteiger partial charge is 0.378 e. The molecule has 3 rings (SSSR count). The third-order valence-corrected chi connectivity index (χ3v) is 7.26. The average molecular weight is 436 g/mol. The smallest absolute Gasteiger partial charge is 0.242 e. The Morgan fingerprint density at radius 1 is 1.17 bits per heavy atom. The number of benzene rings is 1. The molecule has 1 saturated heterocycles. The molecule has 0 aliphatic carbocycles. The van der Waals surface area contributed by atoms with E-state index in [0.29, 0.717) is 37.1 Å². The molecule has 0 spiro atoms. The highest BCUT2D eigenvalue weighted by Gasteiger charge is 2.25. The van der Waals surface area contributed by atoms with Crippen LogP contribution in [0.15, 0.2) is 29.2 Å². The summed E-state index contributed by atoms with van der Waals surface area (Å²) in [7, 11) is 1.60. The number of aryl methyl sites for hydroxylation is 1. The van der Waals surface area contributed by atoms with E-state index in [0.717, 1.165) is 30.2 Å². The number of ether oxygens (including phenoxy) is 1. The Bertz CT molecular complexity index is 963. The number of rotatable bonds is 8. The fourth-order valence-electron chi connectivity index (χ4n) is 3.80. The Kier molecular flexibility index (Phi) is 7.18. The summed E-state index contributed by atoms with van der Waals surface area (Å²) in [4.78, 5) is 2.66. The second-order valence-corrected chi connectivity index (χ2v) is 10.2. The molecule has 1 aromatic heterocycles. The maximum absolute atomic E-state index is 12.7. The highest BCUT2D eigenvalue weighted by molar-refractivity contribution is 7.89. The molecule has 166 valence electrons. The van der Waals surface area contributed by atoms with Crippen LogP contribution in [0.1, 0.15) is 36.6 Å². The van der Waals surface area contributed by atoms with Crippen molar-refractivity contribution in [3.05, 3.63) is 41.1 Å². The van der Waals surface area contributed by atoms with Crippen molar-refractivity contribution in [3.63, 3.8) is 0 Å². The first kappa shape index (κ1) is 22.7. The van der Waals surface area contributed by atoms with Gasteiger partial charge in [-0.1, -0.05) is 32.0 Å². The Labute approximate surface area is 179 Å². The molecular weight excluding hydrogens is 402 g/mol. The minimum atomic E-state index is -3.49. The molecule has 2 aromatic rings. The average Bonchev–Trinajstić information content (AvgIpc) is 3.05. The van der Waals surface area contributed by atoms with E-state index in [1.54, 1.807) is 26.2 Å². The number of sulfonamides is 1. The van der Waals surface area contributed by atoms with Gasteiger partial charge in [0.05, 0.1) is 23.8 Å². The van der Waals surface area contributed by atoms with Crippen LogP contribution < -0.4 is 10.2 Å². The van der Waals surface area contributed by atoms with Crippen molar-refractivity contribution in [2.24, 2.45) is 7.05 Å². The van der Waals surface area contributed by atoms with Gasteiger partial charge in [0.25, 0.3) is 0 Å².